The molecule has 1 aliphatic heterocycles. The first-order valence-corrected chi connectivity index (χ1v) is 4.89. The lowest BCUT2D eigenvalue weighted by molar-refractivity contribution is 0.122. The number of phenolic OH excluding ortho intramolecular Hbond substituents is 1. The lowest BCUT2D eigenvalue weighted by Crippen LogP contribution is -2.36. The number of benzene rings is 1. The van der Waals surface area contributed by atoms with Crippen molar-refractivity contribution in [3.05, 3.63) is 23.8 Å². The minimum absolute atomic E-state index is 0.339. The van der Waals surface area contributed by atoms with E-state index < -0.39 is 0 Å². The van der Waals surface area contributed by atoms with Gasteiger partial charge in [-0.3, -0.25) is 0 Å². The second-order valence-corrected chi connectivity index (χ2v) is 3.63. The third kappa shape index (κ3) is 1.99. The Labute approximate surface area is 83.9 Å². The number of nitrogens with zero attached hydrogens (tertiary/aromatic N) is 1. The number of hydrogen-bond donors (Lipinski definition) is 1. The van der Waals surface area contributed by atoms with Crippen LogP contribution in [0.5, 0.6) is 5.75 Å². The molecule has 0 amide bonds. The molecule has 3 heteroatoms. The van der Waals surface area contributed by atoms with Gasteiger partial charge in [0, 0.05) is 24.8 Å². The van der Waals surface area contributed by atoms with E-state index in [1.165, 1.54) is 0 Å². The van der Waals surface area contributed by atoms with E-state index in [2.05, 4.69) is 11.0 Å². The highest BCUT2D eigenvalue weighted by atomic mass is 16.5. The number of morpholine rings is 1. The summed E-state index contributed by atoms with van der Waals surface area (Å²) >= 11 is 0. The molecule has 1 aliphatic rings. The van der Waals surface area contributed by atoms with Crippen molar-refractivity contribution < 1.29 is 9.84 Å². The first-order chi connectivity index (χ1) is 6.75. The van der Waals surface area contributed by atoms with Crippen LogP contribution in [0.2, 0.25) is 0 Å². The molecule has 1 N–H and O–H groups in total. The summed E-state index contributed by atoms with van der Waals surface area (Å²) in [7, 11) is 0. The highest BCUT2D eigenvalue weighted by molar-refractivity contribution is 5.53. The van der Waals surface area contributed by atoms with Crippen LogP contribution < -0.4 is 4.90 Å². The molecule has 1 saturated heterocycles. The lowest BCUT2D eigenvalue weighted by Gasteiger charge is -2.29. The van der Waals surface area contributed by atoms with Gasteiger partial charge in [-0.15, -0.1) is 0 Å². The van der Waals surface area contributed by atoms with Crippen molar-refractivity contribution in [1.29, 1.82) is 0 Å². The summed E-state index contributed by atoms with van der Waals surface area (Å²) in [5.74, 6) is 0.339. The molecule has 0 unspecified atom stereocenters. The van der Waals surface area contributed by atoms with E-state index >= 15 is 0 Å². The van der Waals surface area contributed by atoms with Crippen LogP contribution in [0.15, 0.2) is 18.2 Å². The SMILES string of the molecule is Cc1cc(O)cc(N2CCOCC2)c1. The van der Waals surface area contributed by atoms with Crippen molar-refractivity contribution in [2.45, 2.75) is 6.92 Å². The van der Waals surface area contributed by atoms with Crippen LogP contribution in [-0.2, 0) is 4.74 Å². The standard InChI is InChI=1S/C11H15NO2/c1-9-6-10(8-11(13)7-9)12-2-4-14-5-3-12/h6-8,13H,2-5H2,1H3. The maximum absolute atomic E-state index is 9.47. The van der Waals surface area contributed by atoms with Gasteiger partial charge in [0.25, 0.3) is 0 Å². The number of ether oxygens (including phenoxy) is 1. The zero-order valence-electron chi connectivity index (χ0n) is 8.36. The first kappa shape index (κ1) is 9.34. The molecule has 0 aliphatic carbocycles. The van der Waals surface area contributed by atoms with Gasteiger partial charge in [-0.1, -0.05) is 0 Å². The fourth-order valence-corrected chi connectivity index (χ4v) is 1.75. The zero-order valence-corrected chi connectivity index (χ0v) is 8.36. The van der Waals surface area contributed by atoms with E-state index in [-0.39, 0.29) is 0 Å². The average Bonchev–Trinajstić information content (AvgIpc) is 2.18. The Morgan fingerprint density at radius 2 is 1.93 bits per heavy atom. The Hall–Kier alpha value is -1.22. The molecule has 14 heavy (non-hydrogen) atoms. The molecule has 0 saturated carbocycles. The Balaban J connectivity index is 2.21. The number of aromatic hydroxyl groups is 1. The van der Waals surface area contributed by atoms with Gasteiger partial charge in [0.05, 0.1) is 13.2 Å². The van der Waals surface area contributed by atoms with Crippen LogP contribution in [0.3, 0.4) is 0 Å². The highest BCUT2D eigenvalue weighted by Crippen LogP contribution is 2.23. The molecule has 0 radical (unpaired) electrons. The largest absolute Gasteiger partial charge is 0.508 e. The van der Waals surface area contributed by atoms with Crippen LogP contribution >= 0.6 is 0 Å². The maximum atomic E-state index is 9.47. The quantitative estimate of drug-likeness (QED) is 0.734. The van der Waals surface area contributed by atoms with Crippen LogP contribution in [0.25, 0.3) is 0 Å². The zero-order chi connectivity index (χ0) is 9.97. The Morgan fingerprint density at radius 3 is 2.57 bits per heavy atom. The molecule has 1 aromatic rings. The Morgan fingerprint density at radius 1 is 1.21 bits per heavy atom. The number of aryl methyl sites for hydroxylation is 1. The first-order valence-electron chi connectivity index (χ1n) is 4.89. The second-order valence-electron chi connectivity index (χ2n) is 3.63. The summed E-state index contributed by atoms with van der Waals surface area (Å²) in [6, 6.07) is 5.66. The van der Waals surface area contributed by atoms with Crippen molar-refractivity contribution in [2.24, 2.45) is 0 Å². The van der Waals surface area contributed by atoms with E-state index in [0.717, 1.165) is 37.6 Å². The molecule has 0 bridgehead atoms. The lowest BCUT2D eigenvalue weighted by atomic mass is 10.2. The van der Waals surface area contributed by atoms with Gasteiger partial charge in [0.15, 0.2) is 0 Å². The number of hydrogen-bond acceptors (Lipinski definition) is 3. The van der Waals surface area contributed by atoms with Crippen molar-refractivity contribution >= 4 is 5.69 Å². The number of anilines is 1. The van der Waals surface area contributed by atoms with Gasteiger partial charge in [0.1, 0.15) is 5.75 Å². The topological polar surface area (TPSA) is 32.7 Å². The van der Waals surface area contributed by atoms with E-state index in [9.17, 15) is 5.11 Å². The Bertz CT molecular complexity index is 299. The molecule has 0 aromatic heterocycles. The smallest absolute Gasteiger partial charge is 0.117 e. The van der Waals surface area contributed by atoms with Crippen LogP contribution in [0, 0.1) is 6.92 Å². The number of rotatable bonds is 1. The molecule has 76 valence electrons. The summed E-state index contributed by atoms with van der Waals surface area (Å²) in [4.78, 5) is 2.23. The van der Waals surface area contributed by atoms with E-state index in [4.69, 9.17) is 4.74 Å². The van der Waals surface area contributed by atoms with E-state index in [1.54, 1.807) is 12.1 Å². The fraction of sp³-hybridized carbons (Fsp3) is 0.455. The maximum Gasteiger partial charge on any atom is 0.117 e. The normalized spacial score (nSPS) is 17.1. The Kier molecular flexibility index (Phi) is 2.59. The summed E-state index contributed by atoms with van der Waals surface area (Å²) in [5.41, 5.74) is 2.18. The minimum atomic E-state index is 0.339. The summed E-state index contributed by atoms with van der Waals surface area (Å²) < 4.78 is 5.28. The molecule has 1 aromatic carbocycles. The summed E-state index contributed by atoms with van der Waals surface area (Å²) in [6.45, 7) is 5.35. The molecule has 1 fully saturated rings. The third-order valence-electron chi connectivity index (χ3n) is 2.42. The molecular formula is C11H15NO2. The van der Waals surface area contributed by atoms with Gasteiger partial charge in [-0.25, -0.2) is 0 Å². The van der Waals surface area contributed by atoms with E-state index in [1.807, 2.05) is 6.92 Å². The summed E-state index contributed by atoms with van der Waals surface area (Å²) in [6.07, 6.45) is 0. The van der Waals surface area contributed by atoms with Crippen molar-refractivity contribution in [1.82, 2.24) is 0 Å². The van der Waals surface area contributed by atoms with Gasteiger partial charge in [-0.2, -0.15) is 0 Å². The molecule has 2 rings (SSSR count). The average molecular weight is 193 g/mol. The molecule has 1 heterocycles. The predicted octanol–water partition coefficient (Wildman–Crippen LogP) is 1.54. The summed E-state index contributed by atoms with van der Waals surface area (Å²) in [5, 5.41) is 9.47. The molecule has 0 atom stereocenters. The highest BCUT2D eigenvalue weighted by Gasteiger charge is 2.11. The van der Waals surface area contributed by atoms with Gasteiger partial charge >= 0.3 is 0 Å². The molecule has 0 spiro atoms. The van der Waals surface area contributed by atoms with Crippen molar-refractivity contribution in [3.63, 3.8) is 0 Å². The van der Waals surface area contributed by atoms with Crippen molar-refractivity contribution in [2.75, 3.05) is 31.2 Å². The monoisotopic (exact) mass is 193 g/mol. The second kappa shape index (κ2) is 3.88. The molecule has 3 nitrogen and oxygen atoms in total. The fourth-order valence-electron chi connectivity index (χ4n) is 1.75. The van der Waals surface area contributed by atoms with E-state index in [0.29, 0.717) is 5.75 Å². The third-order valence-corrected chi connectivity index (χ3v) is 2.42. The van der Waals surface area contributed by atoms with Gasteiger partial charge < -0.3 is 14.7 Å². The molecular weight excluding hydrogens is 178 g/mol. The van der Waals surface area contributed by atoms with Crippen molar-refractivity contribution in [3.8, 4) is 5.75 Å². The van der Waals surface area contributed by atoms with Crippen LogP contribution in [-0.4, -0.2) is 31.4 Å². The van der Waals surface area contributed by atoms with Crippen LogP contribution in [0.4, 0.5) is 5.69 Å². The van der Waals surface area contributed by atoms with Gasteiger partial charge in [-0.05, 0) is 24.6 Å². The number of phenols is 1. The predicted molar refractivity (Wildman–Crippen MR) is 55.9 cm³/mol. The van der Waals surface area contributed by atoms with Crippen LogP contribution in [0.1, 0.15) is 5.56 Å². The minimum Gasteiger partial charge on any atom is -0.508 e. The van der Waals surface area contributed by atoms with Gasteiger partial charge in [0.2, 0.25) is 0 Å².